The first-order valence-electron chi connectivity index (χ1n) is 13.4. The summed E-state index contributed by atoms with van der Waals surface area (Å²) in [5.74, 6) is -0.129. The van der Waals surface area contributed by atoms with E-state index in [-0.39, 0.29) is 16.7 Å². The molecule has 3 N–H and O–H groups in total. The number of nitrogens with two attached hydrogens (primary N) is 1. The van der Waals surface area contributed by atoms with Crippen molar-refractivity contribution in [2.24, 2.45) is 12.2 Å². The standard InChI is InChI=1S/C28H41N3O5S/c1-5-8-10-16-28(17-11-9-6-2)18-23(32)25(27(33)36-28)22(7-3)20-12-14-21(15-13-20)26-30-24(19-31(26)4)37(29,34)35/h12-15,19,22,32H,5-11,16-18H2,1-4H3,(H2,29,34,35). The summed E-state index contributed by atoms with van der Waals surface area (Å²) in [6, 6.07) is 7.43. The van der Waals surface area contributed by atoms with Crippen LogP contribution in [-0.2, 0) is 26.6 Å². The van der Waals surface area contributed by atoms with Gasteiger partial charge in [0, 0.05) is 31.1 Å². The van der Waals surface area contributed by atoms with E-state index in [1.54, 1.807) is 11.6 Å². The van der Waals surface area contributed by atoms with Gasteiger partial charge in [0.1, 0.15) is 17.2 Å². The second-order valence-electron chi connectivity index (χ2n) is 10.2. The molecule has 1 unspecified atom stereocenters. The van der Waals surface area contributed by atoms with Crippen LogP contribution in [0.4, 0.5) is 0 Å². The zero-order valence-electron chi connectivity index (χ0n) is 22.5. The van der Waals surface area contributed by atoms with Gasteiger partial charge in [-0.25, -0.2) is 23.3 Å². The number of ether oxygens (including phenoxy) is 1. The molecule has 0 amide bonds. The number of carbonyl (C=O) groups is 1. The van der Waals surface area contributed by atoms with E-state index in [1.807, 2.05) is 31.2 Å². The van der Waals surface area contributed by atoms with Crippen LogP contribution in [0.1, 0.15) is 96.5 Å². The van der Waals surface area contributed by atoms with Gasteiger partial charge in [-0.05, 0) is 37.7 Å². The molecule has 9 heteroatoms. The van der Waals surface area contributed by atoms with Crippen LogP contribution in [0.25, 0.3) is 11.4 Å². The summed E-state index contributed by atoms with van der Waals surface area (Å²) < 4.78 is 31.1. The Kier molecular flexibility index (Phi) is 9.58. The van der Waals surface area contributed by atoms with Crippen LogP contribution in [-0.4, -0.2) is 34.6 Å². The van der Waals surface area contributed by atoms with Gasteiger partial charge in [-0.15, -0.1) is 0 Å². The van der Waals surface area contributed by atoms with E-state index in [1.165, 1.54) is 6.20 Å². The first-order chi connectivity index (χ1) is 17.5. The number of aliphatic hydroxyl groups is 1. The fraction of sp³-hybridized carbons (Fsp3) is 0.571. The Morgan fingerprint density at radius 2 is 1.68 bits per heavy atom. The van der Waals surface area contributed by atoms with E-state index in [0.29, 0.717) is 29.8 Å². The first-order valence-corrected chi connectivity index (χ1v) is 14.9. The predicted molar refractivity (Wildman–Crippen MR) is 144 cm³/mol. The fourth-order valence-electron chi connectivity index (χ4n) is 5.26. The predicted octanol–water partition coefficient (Wildman–Crippen LogP) is 5.89. The average Bonchev–Trinajstić information content (AvgIpc) is 3.24. The third-order valence-corrected chi connectivity index (χ3v) is 8.05. The number of aliphatic hydroxyl groups excluding tert-OH is 1. The van der Waals surface area contributed by atoms with Crippen molar-refractivity contribution in [3.8, 4) is 11.4 Å². The van der Waals surface area contributed by atoms with Crippen LogP contribution < -0.4 is 5.14 Å². The summed E-state index contributed by atoms with van der Waals surface area (Å²) in [4.78, 5) is 17.5. The first kappa shape index (κ1) is 28.9. The highest BCUT2D eigenvalue weighted by molar-refractivity contribution is 7.89. The Labute approximate surface area is 221 Å². The number of hydrogen-bond donors (Lipinski definition) is 2. The SMILES string of the molecule is CCCCCC1(CCCCC)CC(O)=C(C(CC)c2ccc(-c3nc(S(N)(=O)=O)cn3C)cc2)C(=O)O1. The number of cyclic esters (lactones) is 1. The lowest BCUT2D eigenvalue weighted by molar-refractivity contribution is -0.161. The van der Waals surface area contributed by atoms with Gasteiger partial charge in [0.25, 0.3) is 10.0 Å². The third-order valence-electron chi connectivity index (χ3n) is 7.28. The number of sulfonamides is 1. The van der Waals surface area contributed by atoms with Crippen molar-refractivity contribution in [1.82, 2.24) is 9.55 Å². The van der Waals surface area contributed by atoms with E-state index in [9.17, 15) is 18.3 Å². The maximum Gasteiger partial charge on any atom is 0.338 e. The molecule has 0 bridgehead atoms. The molecule has 0 spiro atoms. The number of unbranched alkanes of at least 4 members (excludes halogenated alkanes) is 4. The average molecular weight is 532 g/mol. The topological polar surface area (TPSA) is 125 Å². The Bertz CT molecular complexity index is 1200. The molecule has 0 saturated carbocycles. The van der Waals surface area contributed by atoms with Crippen LogP contribution >= 0.6 is 0 Å². The van der Waals surface area contributed by atoms with Crippen LogP contribution in [0.15, 0.2) is 46.8 Å². The normalized spacial score (nSPS) is 16.6. The quantitative estimate of drug-likeness (QED) is 0.245. The van der Waals surface area contributed by atoms with Crippen molar-refractivity contribution in [2.75, 3.05) is 0 Å². The van der Waals surface area contributed by atoms with E-state index in [2.05, 4.69) is 18.8 Å². The lowest BCUT2D eigenvalue weighted by Gasteiger charge is -2.39. The molecule has 2 heterocycles. The Hall–Kier alpha value is -2.65. The molecule has 0 radical (unpaired) electrons. The molecular formula is C28H41N3O5S. The number of carbonyl (C=O) groups excluding carboxylic acids is 1. The molecule has 2 aromatic rings. The monoisotopic (exact) mass is 531 g/mol. The van der Waals surface area contributed by atoms with Crippen molar-refractivity contribution in [1.29, 1.82) is 0 Å². The molecule has 1 aliphatic heterocycles. The molecule has 1 aromatic heterocycles. The number of aryl methyl sites for hydroxylation is 1. The number of imidazole rings is 1. The Balaban J connectivity index is 1.88. The molecular weight excluding hydrogens is 490 g/mol. The largest absolute Gasteiger partial charge is 0.512 e. The molecule has 1 aromatic carbocycles. The Morgan fingerprint density at radius 1 is 1.08 bits per heavy atom. The molecule has 3 rings (SSSR count). The minimum atomic E-state index is -3.91. The minimum Gasteiger partial charge on any atom is -0.512 e. The van der Waals surface area contributed by atoms with Crippen LogP contribution in [0.5, 0.6) is 0 Å². The highest BCUT2D eigenvalue weighted by Crippen LogP contribution is 2.42. The lowest BCUT2D eigenvalue weighted by atomic mass is 9.79. The zero-order valence-corrected chi connectivity index (χ0v) is 23.3. The van der Waals surface area contributed by atoms with Crippen molar-refractivity contribution < 1.29 is 23.1 Å². The van der Waals surface area contributed by atoms with Gasteiger partial charge in [0.05, 0.1) is 5.57 Å². The third kappa shape index (κ3) is 6.82. The highest BCUT2D eigenvalue weighted by Gasteiger charge is 2.43. The summed E-state index contributed by atoms with van der Waals surface area (Å²) in [6.45, 7) is 6.28. The smallest absolute Gasteiger partial charge is 0.338 e. The van der Waals surface area contributed by atoms with Gasteiger partial charge in [-0.2, -0.15) is 0 Å². The minimum absolute atomic E-state index is 0.141. The number of benzene rings is 1. The van der Waals surface area contributed by atoms with E-state index in [0.717, 1.165) is 56.9 Å². The van der Waals surface area contributed by atoms with Gasteiger partial charge in [-0.1, -0.05) is 70.7 Å². The molecule has 37 heavy (non-hydrogen) atoms. The maximum atomic E-state index is 13.4. The van der Waals surface area contributed by atoms with Crippen molar-refractivity contribution in [2.45, 2.75) is 102 Å². The lowest BCUT2D eigenvalue weighted by Crippen LogP contribution is -2.41. The van der Waals surface area contributed by atoms with E-state index in [4.69, 9.17) is 9.88 Å². The Morgan fingerprint density at radius 3 is 2.14 bits per heavy atom. The zero-order chi connectivity index (χ0) is 27.2. The van der Waals surface area contributed by atoms with E-state index >= 15 is 0 Å². The van der Waals surface area contributed by atoms with Crippen LogP contribution in [0.2, 0.25) is 0 Å². The van der Waals surface area contributed by atoms with E-state index < -0.39 is 21.6 Å². The van der Waals surface area contributed by atoms with Crippen LogP contribution in [0, 0.1) is 0 Å². The molecule has 1 aliphatic rings. The highest BCUT2D eigenvalue weighted by atomic mass is 32.2. The second-order valence-corrected chi connectivity index (χ2v) is 11.7. The number of rotatable bonds is 13. The summed E-state index contributed by atoms with van der Waals surface area (Å²) in [6.07, 6.45) is 10.1. The van der Waals surface area contributed by atoms with Crippen molar-refractivity contribution >= 4 is 16.0 Å². The summed E-state index contributed by atoms with van der Waals surface area (Å²) >= 11 is 0. The van der Waals surface area contributed by atoms with Gasteiger partial charge in [0.15, 0.2) is 5.03 Å². The number of nitrogens with zero attached hydrogens (tertiary/aromatic N) is 2. The van der Waals surface area contributed by atoms with Crippen molar-refractivity contribution in [3.63, 3.8) is 0 Å². The summed E-state index contributed by atoms with van der Waals surface area (Å²) in [7, 11) is -2.20. The molecule has 0 aliphatic carbocycles. The molecule has 0 fully saturated rings. The van der Waals surface area contributed by atoms with Gasteiger partial charge >= 0.3 is 5.97 Å². The molecule has 8 nitrogen and oxygen atoms in total. The van der Waals surface area contributed by atoms with Crippen molar-refractivity contribution in [3.05, 3.63) is 47.4 Å². The second kappa shape index (κ2) is 12.3. The van der Waals surface area contributed by atoms with Gasteiger partial charge < -0.3 is 14.4 Å². The summed E-state index contributed by atoms with van der Waals surface area (Å²) in [5.41, 5.74) is 1.29. The molecule has 0 saturated heterocycles. The molecule has 204 valence electrons. The molecule has 1 atom stereocenters. The number of primary sulfonamides is 1. The maximum absolute atomic E-state index is 13.4. The van der Waals surface area contributed by atoms with Gasteiger partial charge in [-0.3, -0.25) is 0 Å². The number of esters is 1. The number of hydrogen-bond acceptors (Lipinski definition) is 6. The fourth-order valence-corrected chi connectivity index (χ4v) is 5.78. The number of aromatic nitrogens is 2. The summed E-state index contributed by atoms with van der Waals surface area (Å²) in [5, 5.41) is 16.2. The van der Waals surface area contributed by atoms with Gasteiger partial charge in [0.2, 0.25) is 0 Å². The van der Waals surface area contributed by atoms with Crippen LogP contribution in [0.3, 0.4) is 0 Å².